The summed E-state index contributed by atoms with van der Waals surface area (Å²) in [5.74, 6) is 1.44. The van der Waals surface area contributed by atoms with Crippen molar-refractivity contribution in [3.05, 3.63) is 77.0 Å². The number of para-hydroxylation sites is 2. The monoisotopic (exact) mass is 475 g/mol. The Morgan fingerprint density at radius 2 is 1.80 bits per heavy atom. The number of aliphatic hydroxyl groups is 1. The van der Waals surface area contributed by atoms with Crippen LogP contribution in [-0.4, -0.2) is 62.2 Å². The van der Waals surface area contributed by atoms with Crippen LogP contribution in [-0.2, 0) is 13.1 Å². The summed E-state index contributed by atoms with van der Waals surface area (Å²) in [6.45, 7) is 2.30. The van der Waals surface area contributed by atoms with Crippen LogP contribution in [0.2, 0.25) is 0 Å². The van der Waals surface area contributed by atoms with E-state index < -0.39 is 5.60 Å². The fourth-order valence-corrected chi connectivity index (χ4v) is 4.74. The fourth-order valence-electron chi connectivity index (χ4n) is 4.74. The lowest BCUT2D eigenvalue weighted by molar-refractivity contribution is -0.0365. The molecule has 0 saturated carbocycles. The van der Waals surface area contributed by atoms with Crippen LogP contribution in [0.25, 0.3) is 16.7 Å². The zero-order chi connectivity index (χ0) is 24.4. The molecular formula is C26H29N5O4. The van der Waals surface area contributed by atoms with E-state index in [9.17, 15) is 9.90 Å². The molecule has 5 rings (SSSR count). The van der Waals surface area contributed by atoms with Crippen LogP contribution in [0, 0.1) is 0 Å². The zero-order valence-electron chi connectivity index (χ0n) is 19.9. The van der Waals surface area contributed by atoms with Gasteiger partial charge in [-0.25, -0.2) is 9.67 Å². The van der Waals surface area contributed by atoms with Gasteiger partial charge >= 0.3 is 0 Å². The maximum Gasteiger partial charge on any atom is 0.264 e. The second kappa shape index (κ2) is 9.52. The number of aromatic nitrogens is 4. The number of piperidine rings is 1. The quantitative estimate of drug-likeness (QED) is 0.439. The van der Waals surface area contributed by atoms with Crippen LogP contribution in [0.4, 0.5) is 0 Å². The number of nitrogens with zero attached hydrogens (tertiary/aromatic N) is 5. The van der Waals surface area contributed by atoms with Crippen molar-refractivity contribution in [2.75, 3.05) is 27.3 Å². The minimum absolute atomic E-state index is 0.196. The minimum Gasteiger partial charge on any atom is -0.493 e. The van der Waals surface area contributed by atoms with E-state index in [4.69, 9.17) is 9.47 Å². The molecule has 2 aromatic heterocycles. The zero-order valence-corrected chi connectivity index (χ0v) is 19.9. The summed E-state index contributed by atoms with van der Waals surface area (Å²) in [5.41, 5.74) is 1.20. The number of hydrogen-bond acceptors (Lipinski definition) is 7. The highest BCUT2D eigenvalue weighted by Gasteiger charge is 2.33. The van der Waals surface area contributed by atoms with Crippen LogP contribution < -0.4 is 15.0 Å². The van der Waals surface area contributed by atoms with Gasteiger partial charge in [0, 0.05) is 25.2 Å². The van der Waals surface area contributed by atoms with E-state index in [1.54, 1.807) is 25.1 Å². The van der Waals surface area contributed by atoms with E-state index in [-0.39, 0.29) is 12.1 Å². The number of hydrogen-bond donors (Lipinski definition) is 1. The third-order valence-corrected chi connectivity index (χ3v) is 6.69. The topological polar surface area (TPSA) is 94.6 Å². The molecule has 9 heteroatoms. The van der Waals surface area contributed by atoms with Crippen molar-refractivity contribution < 1.29 is 14.6 Å². The Kier molecular flexibility index (Phi) is 6.27. The SMILES string of the molecule is COc1cccc(CN2CCC(O)(Cn3cnc4c(cnn4-c4ccccc4)c3=O)CC2)c1OC. The van der Waals surface area contributed by atoms with Crippen LogP contribution >= 0.6 is 0 Å². The summed E-state index contributed by atoms with van der Waals surface area (Å²) in [7, 11) is 3.27. The maximum absolute atomic E-state index is 13.1. The molecular weight excluding hydrogens is 446 g/mol. The molecule has 0 radical (unpaired) electrons. The van der Waals surface area contributed by atoms with E-state index >= 15 is 0 Å². The number of methoxy groups -OCH3 is 2. The highest BCUT2D eigenvalue weighted by Crippen LogP contribution is 2.33. The Balaban J connectivity index is 1.29. The highest BCUT2D eigenvalue weighted by atomic mass is 16.5. The first kappa shape index (κ1) is 23.1. The molecule has 9 nitrogen and oxygen atoms in total. The largest absolute Gasteiger partial charge is 0.493 e. The smallest absolute Gasteiger partial charge is 0.264 e. The summed E-state index contributed by atoms with van der Waals surface area (Å²) in [5, 5.41) is 16.1. The molecule has 3 heterocycles. The Bertz CT molecular complexity index is 1370. The molecule has 1 aliphatic rings. The first-order valence-corrected chi connectivity index (χ1v) is 11.6. The highest BCUT2D eigenvalue weighted by molar-refractivity contribution is 5.74. The van der Waals surface area contributed by atoms with Crippen molar-refractivity contribution in [2.45, 2.75) is 31.5 Å². The van der Waals surface area contributed by atoms with Gasteiger partial charge in [0.2, 0.25) is 0 Å². The van der Waals surface area contributed by atoms with Gasteiger partial charge in [0.05, 0.1) is 38.2 Å². The number of benzene rings is 2. The number of ether oxygens (including phenoxy) is 2. The molecule has 1 saturated heterocycles. The Labute approximate surface area is 203 Å². The molecule has 0 amide bonds. The van der Waals surface area contributed by atoms with Crippen molar-refractivity contribution in [3.63, 3.8) is 0 Å². The van der Waals surface area contributed by atoms with Crippen LogP contribution in [0.15, 0.2) is 65.8 Å². The summed E-state index contributed by atoms with van der Waals surface area (Å²) >= 11 is 0. The van der Waals surface area contributed by atoms with Crippen LogP contribution in [0.5, 0.6) is 11.5 Å². The van der Waals surface area contributed by atoms with Crippen molar-refractivity contribution in [1.29, 1.82) is 0 Å². The van der Waals surface area contributed by atoms with Crippen LogP contribution in [0.3, 0.4) is 0 Å². The molecule has 1 aliphatic heterocycles. The van der Waals surface area contributed by atoms with Crippen molar-refractivity contribution in [1.82, 2.24) is 24.2 Å². The summed E-state index contributed by atoms with van der Waals surface area (Å²) in [6.07, 6.45) is 4.15. The molecule has 0 spiro atoms. The van der Waals surface area contributed by atoms with Gasteiger partial charge in [-0.2, -0.15) is 5.10 Å². The molecule has 2 aromatic carbocycles. The number of fused-ring (bicyclic) bond motifs is 1. The van der Waals surface area contributed by atoms with Gasteiger partial charge in [-0.3, -0.25) is 14.3 Å². The predicted octanol–water partition coefficient (Wildman–Crippen LogP) is 2.63. The van der Waals surface area contributed by atoms with Gasteiger partial charge in [-0.1, -0.05) is 30.3 Å². The van der Waals surface area contributed by atoms with Gasteiger partial charge in [0.25, 0.3) is 5.56 Å². The van der Waals surface area contributed by atoms with Crippen molar-refractivity contribution in [2.24, 2.45) is 0 Å². The number of rotatable bonds is 7. The lowest BCUT2D eigenvalue weighted by Crippen LogP contribution is -2.47. The molecule has 0 atom stereocenters. The molecule has 1 fully saturated rings. The van der Waals surface area contributed by atoms with E-state index in [1.807, 2.05) is 48.5 Å². The molecule has 1 N–H and O–H groups in total. The lowest BCUT2D eigenvalue weighted by Gasteiger charge is -2.38. The average Bonchev–Trinajstić information content (AvgIpc) is 3.32. The molecule has 35 heavy (non-hydrogen) atoms. The molecule has 182 valence electrons. The molecule has 0 unspecified atom stereocenters. The van der Waals surface area contributed by atoms with Gasteiger partial charge in [-0.05, 0) is 31.0 Å². The van der Waals surface area contributed by atoms with Crippen molar-refractivity contribution in [3.8, 4) is 17.2 Å². The third kappa shape index (κ3) is 4.52. The normalized spacial score (nSPS) is 15.9. The van der Waals surface area contributed by atoms with E-state index in [0.29, 0.717) is 49.3 Å². The van der Waals surface area contributed by atoms with Gasteiger partial charge in [-0.15, -0.1) is 0 Å². The molecule has 0 bridgehead atoms. The second-order valence-electron chi connectivity index (χ2n) is 8.96. The standard InChI is InChI=1S/C26H29N5O4/c1-34-22-10-6-7-19(23(22)35-2)16-29-13-11-26(33,12-14-29)17-30-18-27-24-21(25(30)32)15-28-31(24)20-8-4-3-5-9-20/h3-10,15,18,33H,11-14,16-17H2,1-2H3. The molecule has 0 aliphatic carbocycles. The Hall–Kier alpha value is -3.69. The Morgan fingerprint density at radius 1 is 1.03 bits per heavy atom. The maximum atomic E-state index is 13.1. The molecule has 4 aromatic rings. The van der Waals surface area contributed by atoms with Gasteiger partial charge in [0.15, 0.2) is 17.1 Å². The lowest BCUT2D eigenvalue weighted by atomic mass is 9.91. The first-order chi connectivity index (χ1) is 17.0. The van der Waals surface area contributed by atoms with E-state index in [1.165, 1.54) is 10.9 Å². The summed E-state index contributed by atoms with van der Waals surface area (Å²) < 4.78 is 14.1. The number of likely N-dealkylation sites (tertiary alicyclic amines) is 1. The van der Waals surface area contributed by atoms with E-state index in [2.05, 4.69) is 15.0 Å². The fraction of sp³-hybridized carbons (Fsp3) is 0.346. The first-order valence-electron chi connectivity index (χ1n) is 11.6. The predicted molar refractivity (Wildman–Crippen MR) is 132 cm³/mol. The minimum atomic E-state index is -0.983. The Morgan fingerprint density at radius 3 is 2.51 bits per heavy atom. The average molecular weight is 476 g/mol. The van der Waals surface area contributed by atoms with Crippen LogP contribution in [0.1, 0.15) is 18.4 Å². The van der Waals surface area contributed by atoms with Gasteiger partial charge in [0.1, 0.15) is 11.7 Å². The van der Waals surface area contributed by atoms with Crippen molar-refractivity contribution >= 4 is 11.0 Å². The van der Waals surface area contributed by atoms with Gasteiger partial charge < -0.3 is 14.6 Å². The second-order valence-corrected chi connectivity index (χ2v) is 8.96. The van der Waals surface area contributed by atoms with E-state index in [0.717, 1.165) is 17.0 Å². The summed E-state index contributed by atoms with van der Waals surface area (Å²) in [6, 6.07) is 15.4. The summed E-state index contributed by atoms with van der Waals surface area (Å²) in [4.78, 5) is 19.9. The third-order valence-electron chi connectivity index (χ3n) is 6.69.